The van der Waals surface area contributed by atoms with Crippen LogP contribution < -0.4 is 21.1 Å². The minimum absolute atomic E-state index is 0.0686. The number of halogens is 2. The zero-order valence-electron chi connectivity index (χ0n) is 19.9. The normalized spacial score (nSPS) is 20.4. The Morgan fingerprint density at radius 2 is 2.03 bits per heavy atom. The van der Waals surface area contributed by atoms with Crippen molar-refractivity contribution in [3.63, 3.8) is 0 Å². The molecule has 1 saturated heterocycles. The molecular weight excluding hydrogens is 486 g/mol. The molecule has 10 nitrogen and oxygen atoms in total. The maximum Gasteiger partial charge on any atom is 0.413 e. The lowest BCUT2D eigenvalue weighted by atomic mass is 9.97. The van der Waals surface area contributed by atoms with Gasteiger partial charge in [0.05, 0.1) is 24.7 Å². The van der Waals surface area contributed by atoms with Gasteiger partial charge < -0.3 is 25.4 Å². The SMILES string of the molecule is Cc1c(-c2cc3cc(NC(=O)OC4CN(C(=O)[C@H]5C[C@@H]5F)C4)ncc3c(N)c2F)cnc2c1NCCO2. The first-order valence-electron chi connectivity index (χ1n) is 11.9. The van der Waals surface area contributed by atoms with E-state index in [9.17, 15) is 14.0 Å². The summed E-state index contributed by atoms with van der Waals surface area (Å²) in [5.41, 5.74) is 8.35. The largest absolute Gasteiger partial charge is 0.474 e. The van der Waals surface area contributed by atoms with Crippen molar-refractivity contribution in [1.29, 1.82) is 0 Å². The van der Waals surface area contributed by atoms with E-state index in [4.69, 9.17) is 15.2 Å². The zero-order chi connectivity index (χ0) is 25.8. The van der Waals surface area contributed by atoms with Gasteiger partial charge in [0.25, 0.3) is 0 Å². The summed E-state index contributed by atoms with van der Waals surface area (Å²) in [7, 11) is 0. The highest BCUT2D eigenvalue weighted by Crippen LogP contribution is 2.40. The lowest BCUT2D eigenvalue weighted by Gasteiger charge is -2.38. The molecule has 1 aliphatic carbocycles. The lowest BCUT2D eigenvalue weighted by Crippen LogP contribution is -2.56. The molecule has 2 aromatic heterocycles. The first kappa shape index (κ1) is 23.2. The summed E-state index contributed by atoms with van der Waals surface area (Å²) < 4.78 is 39.3. The molecule has 1 saturated carbocycles. The Morgan fingerprint density at radius 3 is 2.78 bits per heavy atom. The third-order valence-electron chi connectivity index (χ3n) is 6.93. The van der Waals surface area contributed by atoms with Crippen molar-refractivity contribution in [3.8, 4) is 17.0 Å². The summed E-state index contributed by atoms with van der Waals surface area (Å²) in [6, 6.07) is 3.20. The summed E-state index contributed by atoms with van der Waals surface area (Å²) in [4.78, 5) is 34.3. The second kappa shape index (κ2) is 8.71. The second-order valence-electron chi connectivity index (χ2n) is 9.45. The number of anilines is 3. The molecule has 37 heavy (non-hydrogen) atoms. The minimum atomic E-state index is -1.06. The second-order valence-corrected chi connectivity index (χ2v) is 9.45. The van der Waals surface area contributed by atoms with Crippen LogP contribution in [0.15, 0.2) is 24.5 Å². The van der Waals surface area contributed by atoms with E-state index in [1.165, 1.54) is 11.1 Å². The van der Waals surface area contributed by atoms with Crippen LogP contribution >= 0.6 is 0 Å². The van der Waals surface area contributed by atoms with Gasteiger partial charge in [-0.1, -0.05) is 0 Å². The molecule has 2 atom stereocenters. The van der Waals surface area contributed by atoms with Gasteiger partial charge in [0.1, 0.15) is 30.4 Å². The highest BCUT2D eigenvalue weighted by atomic mass is 19.1. The van der Waals surface area contributed by atoms with E-state index in [1.54, 1.807) is 18.3 Å². The Balaban J connectivity index is 1.20. The van der Waals surface area contributed by atoms with E-state index in [1.807, 2.05) is 6.92 Å². The first-order valence-corrected chi connectivity index (χ1v) is 11.9. The van der Waals surface area contributed by atoms with Gasteiger partial charge in [0.2, 0.25) is 11.8 Å². The Morgan fingerprint density at radius 1 is 1.24 bits per heavy atom. The van der Waals surface area contributed by atoms with E-state index >= 15 is 4.39 Å². The number of nitrogen functional groups attached to an aromatic ring is 1. The number of fused-ring (bicyclic) bond motifs is 2. The third kappa shape index (κ3) is 4.11. The highest BCUT2D eigenvalue weighted by molar-refractivity contribution is 5.99. The third-order valence-corrected chi connectivity index (χ3v) is 6.93. The molecule has 2 amide bonds. The van der Waals surface area contributed by atoms with Crippen LogP contribution in [0.5, 0.6) is 5.88 Å². The Labute approximate surface area is 210 Å². The van der Waals surface area contributed by atoms with Gasteiger partial charge in [0, 0.05) is 35.5 Å². The van der Waals surface area contributed by atoms with Crippen molar-refractivity contribution >= 4 is 40.0 Å². The van der Waals surface area contributed by atoms with Crippen LogP contribution in [0.2, 0.25) is 0 Å². The minimum Gasteiger partial charge on any atom is -0.474 e. The summed E-state index contributed by atoms with van der Waals surface area (Å²) in [6.45, 7) is 3.43. The van der Waals surface area contributed by atoms with Gasteiger partial charge in [-0.15, -0.1) is 0 Å². The van der Waals surface area contributed by atoms with Crippen LogP contribution in [0.3, 0.4) is 0 Å². The molecule has 1 aromatic carbocycles. The average Bonchev–Trinajstić information content (AvgIpc) is 3.60. The fraction of sp³-hybridized carbons (Fsp3) is 0.360. The fourth-order valence-electron chi connectivity index (χ4n) is 4.69. The number of hydrogen-bond donors (Lipinski definition) is 3. The Hall–Kier alpha value is -4.22. The predicted octanol–water partition coefficient (Wildman–Crippen LogP) is 3.25. The van der Waals surface area contributed by atoms with Gasteiger partial charge in [0.15, 0.2) is 5.82 Å². The van der Waals surface area contributed by atoms with E-state index < -0.39 is 30.1 Å². The molecule has 2 fully saturated rings. The number of ether oxygens (including phenoxy) is 2. The van der Waals surface area contributed by atoms with Crippen LogP contribution in [-0.4, -0.2) is 65.4 Å². The fourth-order valence-corrected chi connectivity index (χ4v) is 4.69. The number of likely N-dealkylation sites (tertiary alicyclic amines) is 1. The highest BCUT2D eigenvalue weighted by Gasteiger charge is 2.48. The summed E-state index contributed by atoms with van der Waals surface area (Å²) >= 11 is 0. The molecule has 4 N–H and O–H groups in total. The number of alkyl halides is 1. The number of aromatic nitrogens is 2. The molecular formula is C25H24F2N6O4. The van der Waals surface area contributed by atoms with Crippen molar-refractivity contribution in [3.05, 3.63) is 35.9 Å². The van der Waals surface area contributed by atoms with Gasteiger partial charge in [-0.2, -0.15) is 0 Å². The molecule has 192 valence electrons. The van der Waals surface area contributed by atoms with Crippen molar-refractivity contribution in [2.24, 2.45) is 5.92 Å². The standard InChI is InChI=1S/C25H24F2N6O4/c1-11-16(7-31-23-22(11)29-2-3-36-23)14-4-12-5-19(30-8-17(12)21(28)20(14)27)32-25(35)37-13-9-33(10-13)24(34)15-6-18(15)26/h4-5,7-8,13,15,18,29H,2-3,6,9-10,28H2,1H3,(H,30,32,35)/t15-,18-/m0/s1. The molecule has 0 unspecified atom stereocenters. The van der Waals surface area contributed by atoms with Crippen molar-refractivity contribution < 1.29 is 27.8 Å². The molecule has 4 heterocycles. The quantitative estimate of drug-likeness (QED) is 0.456. The average molecular weight is 511 g/mol. The summed E-state index contributed by atoms with van der Waals surface area (Å²) in [5.74, 6) is -0.726. The number of nitrogens with one attached hydrogen (secondary N) is 2. The van der Waals surface area contributed by atoms with E-state index in [2.05, 4.69) is 20.6 Å². The topological polar surface area (TPSA) is 132 Å². The Kier molecular flexibility index (Phi) is 5.46. The van der Waals surface area contributed by atoms with E-state index in [0.717, 1.165) is 5.56 Å². The Bertz CT molecular complexity index is 1440. The van der Waals surface area contributed by atoms with Gasteiger partial charge >= 0.3 is 6.09 Å². The van der Waals surface area contributed by atoms with Crippen LogP contribution in [0, 0.1) is 18.7 Å². The summed E-state index contributed by atoms with van der Waals surface area (Å²) in [5, 5.41) is 6.75. The molecule has 3 aliphatic rings. The van der Waals surface area contributed by atoms with Gasteiger partial charge in [-0.3, -0.25) is 10.1 Å². The first-order chi connectivity index (χ1) is 17.8. The number of carbonyl (C=O) groups is 2. The van der Waals surface area contributed by atoms with E-state index in [-0.39, 0.29) is 42.5 Å². The molecule has 6 rings (SSSR count). The van der Waals surface area contributed by atoms with Gasteiger partial charge in [-0.25, -0.2) is 23.5 Å². The number of benzene rings is 1. The van der Waals surface area contributed by atoms with Crippen molar-refractivity contribution in [2.45, 2.75) is 25.6 Å². The lowest BCUT2D eigenvalue weighted by molar-refractivity contribution is -0.143. The number of pyridine rings is 2. The molecule has 0 bridgehead atoms. The van der Waals surface area contributed by atoms with Crippen LogP contribution in [0.1, 0.15) is 12.0 Å². The maximum atomic E-state index is 15.3. The van der Waals surface area contributed by atoms with Crippen LogP contribution in [-0.2, 0) is 9.53 Å². The molecule has 12 heteroatoms. The van der Waals surface area contributed by atoms with Crippen LogP contribution in [0.25, 0.3) is 21.9 Å². The number of rotatable bonds is 4. The smallest absolute Gasteiger partial charge is 0.413 e. The number of nitrogens with zero attached hydrogens (tertiary/aromatic N) is 3. The molecule has 3 aromatic rings. The monoisotopic (exact) mass is 510 g/mol. The molecule has 0 radical (unpaired) electrons. The number of carbonyl (C=O) groups excluding carboxylic acids is 2. The van der Waals surface area contributed by atoms with Crippen molar-refractivity contribution in [2.75, 3.05) is 42.6 Å². The maximum absolute atomic E-state index is 15.3. The zero-order valence-corrected chi connectivity index (χ0v) is 19.9. The van der Waals surface area contributed by atoms with Gasteiger partial charge in [-0.05, 0) is 36.4 Å². The van der Waals surface area contributed by atoms with Crippen molar-refractivity contribution in [1.82, 2.24) is 14.9 Å². The van der Waals surface area contributed by atoms with Crippen LogP contribution in [0.4, 0.5) is 30.8 Å². The number of nitrogens with two attached hydrogens (primary N) is 1. The number of hydrogen-bond acceptors (Lipinski definition) is 8. The summed E-state index contributed by atoms with van der Waals surface area (Å²) in [6.07, 6.45) is 0.915. The predicted molar refractivity (Wildman–Crippen MR) is 132 cm³/mol. The molecule has 2 aliphatic heterocycles. The van der Waals surface area contributed by atoms with E-state index in [0.29, 0.717) is 41.1 Å². The number of amides is 2. The molecule has 0 spiro atoms.